The van der Waals surface area contributed by atoms with Crippen LogP contribution in [0.4, 0.5) is 20.3 Å². The van der Waals surface area contributed by atoms with Crippen LogP contribution in [0.2, 0.25) is 0 Å². The minimum Gasteiger partial charge on any atom is -0.366 e. The average Bonchev–Trinajstić information content (AvgIpc) is 2.51. The summed E-state index contributed by atoms with van der Waals surface area (Å²) in [5, 5.41) is 0. The number of anilines is 2. The van der Waals surface area contributed by atoms with Crippen LogP contribution in [0.5, 0.6) is 0 Å². The number of rotatable bonds is 2. The smallest absolute Gasteiger partial charge is 0.146 e. The molecule has 0 spiro atoms. The largest absolute Gasteiger partial charge is 0.366 e. The van der Waals surface area contributed by atoms with Crippen molar-refractivity contribution >= 4 is 11.5 Å². The van der Waals surface area contributed by atoms with Gasteiger partial charge in [0.2, 0.25) is 0 Å². The molecule has 20 heavy (non-hydrogen) atoms. The molecular weight excluding hydrogens is 260 g/mol. The zero-order valence-electron chi connectivity index (χ0n) is 11.0. The van der Waals surface area contributed by atoms with E-state index < -0.39 is 5.82 Å². The molecule has 1 saturated heterocycles. The van der Waals surface area contributed by atoms with Crippen molar-refractivity contribution in [2.45, 2.75) is 0 Å². The second kappa shape index (κ2) is 5.45. The first-order valence-corrected chi connectivity index (χ1v) is 6.60. The minimum atomic E-state index is -0.409. The molecule has 2 aromatic rings. The Kier molecular flexibility index (Phi) is 3.50. The molecule has 104 valence electrons. The van der Waals surface area contributed by atoms with Crippen molar-refractivity contribution in [1.82, 2.24) is 4.98 Å². The van der Waals surface area contributed by atoms with Crippen LogP contribution in [0.25, 0.3) is 0 Å². The minimum absolute atomic E-state index is 0.339. The fourth-order valence-electron chi connectivity index (χ4n) is 2.45. The van der Waals surface area contributed by atoms with Crippen molar-refractivity contribution in [2.75, 3.05) is 36.0 Å². The van der Waals surface area contributed by atoms with Crippen LogP contribution < -0.4 is 9.80 Å². The van der Waals surface area contributed by atoms with E-state index >= 15 is 0 Å². The number of nitrogens with zero attached hydrogens (tertiary/aromatic N) is 3. The van der Waals surface area contributed by atoms with E-state index in [4.69, 9.17) is 0 Å². The fraction of sp³-hybridized carbons (Fsp3) is 0.267. The summed E-state index contributed by atoms with van der Waals surface area (Å²) in [6.45, 7) is 2.79. The molecule has 0 saturated carbocycles. The predicted molar refractivity (Wildman–Crippen MR) is 75.0 cm³/mol. The summed E-state index contributed by atoms with van der Waals surface area (Å²) in [4.78, 5) is 8.32. The first-order chi connectivity index (χ1) is 9.74. The van der Waals surface area contributed by atoms with Crippen molar-refractivity contribution in [3.63, 3.8) is 0 Å². The summed E-state index contributed by atoms with van der Waals surface area (Å²) in [6.07, 6.45) is 1.76. The van der Waals surface area contributed by atoms with Crippen LogP contribution in [-0.4, -0.2) is 31.2 Å². The maximum atomic E-state index is 13.7. The molecule has 0 amide bonds. The summed E-state index contributed by atoms with van der Waals surface area (Å²) in [5.74, 6) is 0.137. The summed E-state index contributed by atoms with van der Waals surface area (Å²) < 4.78 is 27.0. The lowest BCUT2D eigenvalue weighted by Crippen LogP contribution is -2.47. The monoisotopic (exact) mass is 275 g/mol. The van der Waals surface area contributed by atoms with E-state index in [1.54, 1.807) is 6.20 Å². The van der Waals surface area contributed by atoms with Gasteiger partial charge in [-0.15, -0.1) is 0 Å². The molecule has 1 aromatic heterocycles. The van der Waals surface area contributed by atoms with Crippen LogP contribution in [0, 0.1) is 11.6 Å². The standard InChI is InChI=1S/C15H15F2N3/c16-12-4-5-13(17)14(11-12)19-7-9-20(10-8-19)15-3-1-2-6-18-15/h1-6,11H,7-10H2. The molecule has 2 heterocycles. The maximum absolute atomic E-state index is 13.7. The van der Waals surface area contributed by atoms with Crippen molar-refractivity contribution in [1.29, 1.82) is 0 Å². The normalized spacial score (nSPS) is 15.5. The van der Waals surface area contributed by atoms with Crippen molar-refractivity contribution < 1.29 is 8.78 Å². The number of hydrogen-bond donors (Lipinski definition) is 0. The second-order valence-electron chi connectivity index (χ2n) is 4.76. The second-order valence-corrected chi connectivity index (χ2v) is 4.76. The lowest BCUT2D eigenvalue weighted by Gasteiger charge is -2.36. The van der Waals surface area contributed by atoms with Gasteiger partial charge in [-0.25, -0.2) is 13.8 Å². The third kappa shape index (κ3) is 2.57. The molecule has 0 aliphatic carbocycles. The Morgan fingerprint density at radius 3 is 2.35 bits per heavy atom. The van der Waals surface area contributed by atoms with E-state index in [1.165, 1.54) is 12.1 Å². The van der Waals surface area contributed by atoms with Gasteiger partial charge in [-0.05, 0) is 24.3 Å². The molecule has 1 aromatic carbocycles. The van der Waals surface area contributed by atoms with Crippen LogP contribution in [-0.2, 0) is 0 Å². The molecule has 0 N–H and O–H groups in total. The molecule has 1 aliphatic rings. The summed E-state index contributed by atoms with van der Waals surface area (Å²) >= 11 is 0. The van der Waals surface area contributed by atoms with E-state index in [9.17, 15) is 8.78 Å². The summed E-state index contributed by atoms with van der Waals surface area (Å²) in [7, 11) is 0. The average molecular weight is 275 g/mol. The highest BCUT2D eigenvalue weighted by Crippen LogP contribution is 2.23. The summed E-state index contributed by atoms with van der Waals surface area (Å²) in [5.41, 5.74) is 0.339. The van der Waals surface area contributed by atoms with Gasteiger partial charge in [0.05, 0.1) is 5.69 Å². The number of aromatic nitrogens is 1. The Morgan fingerprint density at radius 2 is 1.65 bits per heavy atom. The first-order valence-electron chi connectivity index (χ1n) is 6.60. The Morgan fingerprint density at radius 1 is 0.900 bits per heavy atom. The molecule has 5 heteroatoms. The first kappa shape index (κ1) is 12.8. The topological polar surface area (TPSA) is 19.4 Å². The third-order valence-electron chi connectivity index (χ3n) is 3.50. The Bertz CT molecular complexity index is 581. The van der Waals surface area contributed by atoms with E-state index in [2.05, 4.69) is 9.88 Å². The molecule has 1 fully saturated rings. The van der Waals surface area contributed by atoms with Gasteiger partial charge in [-0.2, -0.15) is 0 Å². The number of pyridine rings is 1. The van der Waals surface area contributed by atoms with Crippen LogP contribution in [0.1, 0.15) is 0 Å². The zero-order chi connectivity index (χ0) is 13.9. The van der Waals surface area contributed by atoms with Crippen LogP contribution >= 0.6 is 0 Å². The van der Waals surface area contributed by atoms with Gasteiger partial charge in [0.1, 0.15) is 17.5 Å². The molecule has 0 unspecified atom stereocenters. The van der Waals surface area contributed by atoms with E-state index in [0.717, 1.165) is 25.0 Å². The van der Waals surface area contributed by atoms with Gasteiger partial charge in [-0.3, -0.25) is 0 Å². The fourth-order valence-corrected chi connectivity index (χ4v) is 2.45. The van der Waals surface area contributed by atoms with Crippen LogP contribution in [0.3, 0.4) is 0 Å². The highest BCUT2D eigenvalue weighted by molar-refractivity contribution is 5.50. The van der Waals surface area contributed by atoms with Crippen molar-refractivity contribution in [3.8, 4) is 0 Å². The van der Waals surface area contributed by atoms with Gasteiger partial charge < -0.3 is 9.80 Å². The Hall–Kier alpha value is -2.17. The maximum Gasteiger partial charge on any atom is 0.146 e. The van der Waals surface area contributed by atoms with Crippen LogP contribution in [0.15, 0.2) is 42.6 Å². The molecular formula is C15H15F2N3. The number of halogens is 2. The van der Waals surface area contributed by atoms with Gasteiger partial charge in [0, 0.05) is 38.4 Å². The molecule has 0 bridgehead atoms. The highest BCUT2D eigenvalue weighted by Gasteiger charge is 2.20. The molecule has 3 nitrogen and oxygen atoms in total. The zero-order valence-corrected chi connectivity index (χ0v) is 11.0. The number of piperazine rings is 1. The lowest BCUT2D eigenvalue weighted by molar-refractivity contribution is 0.579. The van der Waals surface area contributed by atoms with Crippen molar-refractivity contribution in [2.24, 2.45) is 0 Å². The Balaban J connectivity index is 1.71. The van der Waals surface area contributed by atoms with Gasteiger partial charge in [0.15, 0.2) is 0 Å². The van der Waals surface area contributed by atoms with E-state index in [0.29, 0.717) is 18.8 Å². The molecule has 0 radical (unpaired) electrons. The Labute approximate surface area is 116 Å². The third-order valence-corrected chi connectivity index (χ3v) is 3.50. The molecule has 1 aliphatic heterocycles. The van der Waals surface area contributed by atoms with Gasteiger partial charge in [0.25, 0.3) is 0 Å². The SMILES string of the molecule is Fc1ccc(F)c(N2CCN(c3ccccn3)CC2)c1. The van der Waals surface area contributed by atoms with E-state index in [1.807, 2.05) is 23.1 Å². The summed E-state index contributed by atoms with van der Waals surface area (Å²) in [6, 6.07) is 9.35. The predicted octanol–water partition coefficient (Wildman–Crippen LogP) is 2.69. The quantitative estimate of drug-likeness (QED) is 0.840. The number of benzene rings is 1. The van der Waals surface area contributed by atoms with Gasteiger partial charge in [-0.1, -0.05) is 6.07 Å². The van der Waals surface area contributed by atoms with Gasteiger partial charge >= 0.3 is 0 Å². The number of hydrogen-bond acceptors (Lipinski definition) is 3. The lowest BCUT2D eigenvalue weighted by atomic mass is 10.2. The molecule has 0 atom stereocenters. The highest BCUT2D eigenvalue weighted by atomic mass is 19.1. The molecule has 3 rings (SSSR count). The van der Waals surface area contributed by atoms with Crippen molar-refractivity contribution in [3.05, 3.63) is 54.2 Å². The van der Waals surface area contributed by atoms with E-state index in [-0.39, 0.29) is 5.82 Å².